The minimum atomic E-state index is -0.412. The molecule has 4 aromatic rings. The second-order valence-electron chi connectivity index (χ2n) is 7.82. The molecule has 1 aliphatic carbocycles. The Hall–Kier alpha value is -2.94. The highest BCUT2D eigenvalue weighted by Gasteiger charge is 2.22. The molecule has 0 spiro atoms. The van der Waals surface area contributed by atoms with Crippen molar-refractivity contribution < 1.29 is 4.39 Å². The van der Waals surface area contributed by atoms with Crippen molar-refractivity contribution in [1.82, 2.24) is 29.5 Å². The minimum Gasteiger partial charge on any atom is -0.365 e. The fourth-order valence-electron chi connectivity index (χ4n) is 3.91. The molecule has 9 heteroatoms. The molecule has 0 amide bonds. The van der Waals surface area contributed by atoms with Gasteiger partial charge in [-0.15, -0.1) is 0 Å². The van der Waals surface area contributed by atoms with Crippen LogP contribution in [0.3, 0.4) is 0 Å². The van der Waals surface area contributed by atoms with E-state index in [9.17, 15) is 4.39 Å². The second-order valence-corrected chi connectivity index (χ2v) is 7.82. The van der Waals surface area contributed by atoms with Crippen molar-refractivity contribution in [1.29, 1.82) is 0 Å². The molecule has 156 valence electrons. The summed E-state index contributed by atoms with van der Waals surface area (Å²) in [5, 5.41) is 8.08. The lowest BCUT2D eigenvalue weighted by Gasteiger charge is -2.24. The van der Waals surface area contributed by atoms with E-state index < -0.39 is 5.82 Å². The summed E-state index contributed by atoms with van der Waals surface area (Å²) < 4.78 is 15.5. The molecule has 0 fully saturated rings. The quantitative estimate of drug-likeness (QED) is 0.519. The first-order valence-corrected chi connectivity index (χ1v) is 9.86. The molecule has 4 aromatic heterocycles. The van der Waals surface area contributed by atoms with Gasteiger partial charge < -0.3 is 10.3 Å². The number of nitrogens with zero attached hydrogens (tertiary/aromatic N) is 5. The predicted octanol–water partition coefficient (Wildman–Crippen LogP) is 3.86. The van der Waals surface area contributed by atoms with Gasteiger partial charge in [-0.05, 0) is 42.9 Å². The van der Waals surface area contributed by atoms with E-state index in [4.69, 9.17) is 0 Å². The van der Waals surface area contributed by atoms with Crippen LogP contribution in [-0.4, -0.2) is 35.6 Å². The molecule has 0 radical (unpaired) electrons. The highest BCUT2D eigenvalue weighted by Crippen LogP contribution is 2.27. The van der Waals surface area contributed by atoms with Crippen molar-refractivity contribution in [2.45, 2.75) is 45.1 Å². The SMILES string of the molecule is CC(C)c1cnn2c(N[C@H]3CCc4[nH]ccc4C3)nc(-c3cncc(F)c3)nc12.S. The van der Waals surface area contributed by atoms with E-state index in [1.54, 1.807) is 10.7 Å². The summed E-state index contributed by atoms with van der Waals surface area (Å²) in [5.74, 6) is 0.897. The van der Waals surface area contributed by atoms with Crippen molar-refractivity contribution in [2.75, 3.05) is 5.32 Å². The Morgan fingerprint density at radius 3 is 2.90 bits per heavy atom. The van der Waals surface area contributed by atoms with E-state index in [0.717, 1.165) is 30.5 Å². The van der Waals surface area contributed by atoms with E-state index >= 15 is 0 Å². The van der Waals surface area contributed by atoms with Gasteiger partial charge in [0.05, 0.1) is 12.4 Å². The molecular formula is C21H24FN7S. The summed E-state index contributed by atoms with van der Waals surface area (Å²) in [6, 6.07) is 3.77. The van der Waals surface area contributed by atoms with Crippen molar-refractivity contribution in [3.8, 4) is 11.4 Å². The van der Waals surface area contributed by atoms with Crippen LogP contribution in [0.5, 0.6) is 0 Å². The van der Waals surface area contributed by atoms with E-state index in [1.165, 1.54) is 23.5 Å². The van der Waals surface area contributed by atoms with E-state index in [0.29, 0.717) is 17.3 Å². The molecule has 0 saturated heterocycles. The predicted molar refractivity (Wildman–Crippen MR) is 119 cm³/mol. The summed E-state index contributed by atoms with van der Waals surface area (Å²) in [7, 11) is 0. The third-order valence-electron chi connectivity index (χ3n) is 5.45. The number of hydrogen-bond acceptors (Lipinski definition) is 5. The number of pyridine rings is 1. The number of fused-ring (bicyclic) bond motifs is 2. The number of anilines is 1. The zero-order chi connectivity index (χ0) is 20.0. The summed E-state index contributed by atoms with van der Waals surface area (Å²) >= 11 is 0. The number of aromatic nitrogens is 6. The third-order valence-corrected chi connectivity index (χ3v) is 5.45. The van der Waals surface area contributed by atoms with Gasteiger partial charge in [0, 0.05) is 35.3 Å². The zero-order valence-corrected chi connectivity index (χ0v) is 17.9. The lowest BCUT2D eigenvalue weighted by atomic mass is 9.93. The van der Waals surface area contributed by atoms with Crippen LogP contribution in [0, 0.1) is 5.82 Å². The van der Waals surface area contributed by atoms with E-state index in [1.807, 2.05) is 12.4 Å². The number of nitrogens with one attached hydrogen (secondary N) is 2. The third kappa shape index (κ3) is 3.65. The molecule has 1 aliphatic rings. The Balaban J connectivity index is 0.00000218. The van der Waals surface area contributed by atoms with Crippen LogP contribution in [0.1, 0.15) is 43.0 Å². The lowest BCUT2D eigenvalue weighted by molar-refractivity contribution is 0.597. The fourth-order valence-corrected chi connectivity index (χ4v) is 3.91. The number of H-pyrrole nitrogens is 1. The molecule has 0 aromatic carbocycles. The van der Waals surface area contributed by atoms with Gasteiger partial charge in [-0.2, -0.15) is 28.1 Å². The molecule has 0 unspecified atom stereocenters. The van der Waals surface area contributed by atoms with Gasteiger partial charge >= 0.3 is 0 Å². The van der Waals surface area contributed by atoms with E-state index in [2.05, 4.69) is 50.3 Å². The summed E-state index contributed by atoms with van der Waals surface area (Å²) in [6.07, 6.45) is 9.48. The Labute approximate surface area is 180 Å². The average molecular weight is 426 g/mol. The first kappa shape index (κ1) is 20.3. The summed E-state index contributed by atoms with van der Waals surface area (Å²) in [6.45, 7) is 4.20. The number of aromatic amines is 1. The molecule has 1 atom stereocenters. The monoisotopic (exact) mass is 425 g/mol. The molecule has 2 N–H and O–H groups in total. The largest absolute Gasteiger partial charge is 0.365 e. The van der Waals surface area contributed by atoms with Crippen molar-refractivity contribution in [3.05, 3.63) is 59.6 Å². The molecule has 7 nitrogen and oxygen atoms in total. The Kier molecular flexibility index (Phi) is 5.46. The topological polar surface area (TPSA) is 83.8 Å². The van der Waals surface area contributed by atoms with Gasteiger partial charge in [-0.3, -0.25) is 4.98 Å². The number of halogens is 1. The Morgan fingerprint density at radius 1 is 1.23 bits per heavy atom. The zero-order valence-electron chi connectivity index (χ0n) is 16.9. The van der Waals surface area contributed by atoms with Crippen LogP contribution >= 0.6 is 13.5 Å². The highest BCUT2D eigenvalue weighted by molar-refractivity contribution is 7.59. The molecule has 0 bridgehead atoms. The minimum absolute atomic E-state index is 0. The molecule has 0 aliphatic heterocycles. The van der Waals surface area contributed by atoms with Crippen molar-refractivity contribution in [2.24, 2.45) is 0 Å². The maximum Gasteiger partial charge on any atom is 0.228 e. The van der Waals surface area contributed by atoms with Gasteiger partial charge in [0.25, 0.3) is 0 Å². The molecule has 30 heavy (non-hydrogen) atoms. The van der Waals surface area contributed by atoms with Gasteiger partial charge in [-0.25, -0.2) is 9.37 Å². The molecular weight excluding hydrogens is 401 g/mol. The van der Waals surface area contributed by atoms with Gasteiger partial charge in [0.2, 0.25) is 5.95 Å². The van der Waals surface area contributed by atoms with Crippen LogP contribution in [0.4, 0.5) is 10.3 Å². The van der Waals surface area contributed by atoms with Crippen LogP contribution in [0.25, 0.3) is 17.0 Å². The summed E-state index contributed by atoms with van der Waals surface area (Å²) in [4.78, 5) is 16.6. The smallest absolute Gasteiger partial charge is 0.228 e. The average Bonchev–Trinajstić information content (AvgIpc) is 3.34. The number of aryl methyl sites for hydroxylation is 1. The maximum atomic E-state index is 13.7. The van der Waals surface area contributed by atoms with Crippen molar-refractivity contribution in [3.63, 3.8) is 0 Å². The van der Waals surface area contributed by atoms with Crippen LogP contribution in [0.2, 0.25) is 0 Å². The first-order chi connectivity index (χ1) is 14.1. The summed E-state index contributed by atoms with van der Waals surface area (Å²) in [5.41, 5.74) is 4.94. The lowest BCUT2D eigenvalue weighted by Crippen LogP contribution is -2.28. The molecule has 4 heterocycles. The van der Waals surface area contributed by atoms with Gasteiger partial charge in [0.1, 0.15) is 5.82 Å². The number of hydrogen-bond donors (Lipinski definition) is 2. The second kappa shape index (κ2) is 8.06. The molecule has 0 saturated carbocycles. The standard InChI is InChI=1S/C21H22FN7.H2S/c1-12(2)17-11-25-29-20(17)27-19(14-7-15(22)10-23-9-14)28-21(29)26-16-3-4-18-13(8-16)5-6-24-18;/h5-7,9-12,16,24H,3-4,8H2,1-2H3,(H,26,27,28);1H2/t16-;/m0./s1. The Bertz CT molecular complexity index is 1180. The normalized spacial score (nSPS) is 15.8. The van der Waals surface area contributed by atoms with Gasteiger partial charge in [-0.1, -0.05) is 13.8 Å². The van der Waals surface area contributed by atoms with Crippen LogP contribution < -0.4 is 5.32 Å². The van der Waals surface area contributed by atoms with Crippen LogP contribution in [0.15, 0.2) is 36.9 Å². The Morgan fingerprint density at radius 2 is 2.10 bits per heavy atom. The fraction of sp³-hybridized carbons (Fsp3) is 0.333. The van der Waals surface area contributed by atoms with Gasteiger partial charge in [0.15, 0.2) is 11.5 Å². The molecule has 5 rings (SSSR count). The van der Waals surface area contributed by atoms with Crippen LogP contribution in [-0.2, 0) is 12.8 Å². The highest BCUT2D eigenvalue weighted by atomic mass is 32.1. The van der Waals surface area contributed by atoms with E-state index in [-0.39, 0.29) is 25.5 Å². The first-order valence-electron chi connectivity index (χ1n) is 9.86. The number of rotatable bonds is 4. The van der Waals surface area contributed by atoms with Crippen molar-refractivity contribution >= 4 is 25.1 Å². The maximum absolute atomic E-state index is 13.7.